The number of aromatic amines is 1. The van der Waals surface area contributed by atoms with Crippen molar-refractivity contribution in [3.63, 3.8) is 0 Å². The monoisotopic (exact) mass is 482 g/mol. The molecule has 1 aliphatic rings. The average Bonchev–Trinajstić information content (AvgIpc) is 3.08. The molecule has 1 aliphatic carbocycles. The molecule has 0 spiro atoms. The minimum Gasteiger partial charge on any atom is -0.393 e. The molecule has 1 atom stereocenters. The fraction of sp³-hybridized carbons (Fsp3) is 0.500. The van der Waals surface area contributed by atoms with Gasteiger partial charge in [0.15, 0.2) is 0 Å². The molecule has 1 saturated carbocycles. The van der Waals surface area contributed by atoms with E-state index in [0.717, 1.165) is 58.7 Å². The summed E-state index contributed by atoms with van der Waals surface area (Å²) in [6, 6.07) is 5.99. The highest BCUT2D eigenvalue weighted by atomic mass is 32.2. The van der Waals surface area contributed by atoms with Gasteiger partial charge in [0.25, 0.3) is 11.5 Å². The lowest BCUT2D eigenvalue weighted by atomic mass is 9.83. The Morgan fingerprint density at radius 2 is 1.97 bits per heavy atom. The minimum atomic E-state index is -0.205. The van der Waals surface area contributed by atoms with Crippen molar-refractivity contribution < 1.29 is 9.90 Å². The molecule has 1 fully saturated rings. The van der Waals surface area contributed by atoms with Crippen LogP contribution in [0.25, 0.3) is 11.0 Å². The predicted molar refractivity (Wildman–Crippen MR) is 137 cm³/mol. The maximum absolute atomic E-state index is 13.5. The molecular weight excluding hydrogens is 448 g/mol. The maximum atomic E-state index is 13.5. The summed E-state index contributed by atoms with van der Waals surface area (Å²) >= 11 is 1.50. The van der Waals surface area contributed by atoms with Gasteiger partial charge < -0.3 is 20.0 Å². The molecule has 3 N–H and O–H groups in total. The Morgan fingerprint density at radius 3 is 2.65 bits per heavy atom. The summed E-state index contributed by atoms with van der Waals surface area (Å²) in [5.41, 5.74) is 4.41. The van der Waals surface area contributed by atoms with Crippen molar-refractivity contribution in [2.75, 3.05) is 6.26 Å². The predicted octanol–water partition coefficient (Wildman–Crippen LogP) is 4.41. The standard InChI is InChI=1S/C26H34N4O3S/c1-14-6-11-20-23(26(33)27-13-21-22(34-5)12-15(2)29-25(21)32)17(4)30(24(20)28-14)16(3)18-7-9-19(31)10-8-18/h6,11-12,16,18-19,31H,7-10,13H2,1-5H3,(H,27,33)(H,29,32)/t16-,18?,19?/m1/s1. The van der Waals surface area contributed by atoms with E-state index in [-0.39, 0.29) is 30.2 Å². The first-order chi connectivity index (χ1) is 16.2. The smallest absolute Gasteiger partial charge is 0.254 e. The number of hydrogen-bond donors (Lipinski definition) is 3. The van der Waals surface area contributed by atoms with Crippen LogP contribution in [-0.4, -0.2) is 37.9 Å². The van der Waals surface area contributed by atoms with Gasteiger partial charge in [0.1, 0.15) is 5.65 Å². The van der Waals surface area contributed by atoms with Crippen molar-refractivity contribution in [3.8, 4) is 0 Å². The van der Waals surface area contributed by atoms with E-state index >= 15 is 0 Å². The Labute approximate surface area is 204 Å². The fourth-order valence-electron chi connectivity index (χ4n) is 5.27. The normalized spacial score (nSPS) is 19.4. The van der Waals surface area contributed by atoms with Gasteiger partial charge in [-0.3, -0.25) is 9.59 Å². The van der Waals surface area contributed by atoms with Gasteiger partial charge >= 0.3 is 0 Å². The number of amides is 1. The number of hydrogen-bond acceptors (Lipinski definition) is 5. The molecule has 182 valence electrons. The Kier molecular flexibility index (Phi) is 7.19. The largest absolute Gasteiger partial charge is 0.393 e. The lowest BCUT2D eigenvalue weighted by Gasteiger charge is -2.32. The zero-order valence-electron chi connectivity index (χ0n) is 20.6. The van der Waals surface area contributed by atoms with Crippen LogP contribution in [0.4, 0.5) is 0 Å². The van der Waals surface area contributed by atoms with Crippen LogP contribution in [0.2, 0.25) is 0 Å². The Hall–Kier alpha value is -2.58. The molecule has 0 bridgehead atoms. The molecule has 0 radical (unpaired) electrons. The summed E-state index contributed by atoms with van der Waals surface area (Å²) in [5, 5.41) is 13.8. The minimum absolute atomic E-state index is 0.159. The van der Waals surface area contributed by atoms with E-state index in [1.165, 1.54) is 11.8 Å². The lowest BCUT2D eigenvalue weighted by Crippen LogP contribution is -2.28. The number of nitrogens with one attached hydrogen (secondary N) is 2. The second-order valence-corrected chi connectivity index (χ2v) is 10.3. The van der Waals surface area contributed by atoms with Gasteiger partial charge in [0.2, 0.25) is 0 Å². The van der Waals surface area contributed by atoms with Gasteiger partial charge in [-0.15, -0.1) is 11.8 Å². The van der Waals surface area contributed by atoms with Gasteiger partial charge in [-0.05, 0) is 83.8 Å². The van der Waals surface area contributed by atoms with Crippen LogP contribution in [-0.2, 0) is 6.54 Å². The van der Waals surface area contributed by atoms with Crippen LogP contribution in [0, 0.1) is 26.7 Å². The van der Waals surface area contributed by atoms with Crippen LogP contribution >= 0.6 is 11.8 Å². The molecule has 7 nitrogen and oxygen atoms in total. The zero-order valence-corrected chi connectivity index (χ0v) is 21.4. The van der Waals surface area contributed by atoms with Gasteiger partial charge in [-0.1, -0.05) is 0 Å². The third kappa shape index (κ3) is 4.66. The number of aryl methyl sites for hydroxylation is 2. The SMILES string of the molecule is CSc1cc(C)[nH]c(=O)c1CNC(=O)c1c(C)n([C@H](C)C2CCC(O)CC2)c2nc(C)ccc12. The number of carbonyl (C=O) groups is 1. The molecule has 3 aromatic rings. The second-order valence-electron chi connectivity index (χ2n) is 9.47. The number of H-pyrrole nitrogens is 1. The Balaban J connectivity index is 1.69. The molecule has 0 unspecified atom stereocenters. The number of rotatable bonds is 6. The third-order valence-electron chi connectivity index (χ3n) is 7.17. The summed E-state index contributed by atoms with van der Waals surface area (Å²) in [5.74, 6) is 0.219. The van der Waals surface area contributed by atoms with Gasteiger partial charge in [0, 0.05) is 45.5 Å². The van der Waals surface area contributed by atoms with E-state index in [4.69, 9.17) is 4.98 Å². The number of fused-ring (bicyclic) bond motifs is 1. The molecule has 34 heavy (non-hydrogen) atoms. The van der Waals surface area contributed by atoms with Gasteiger partial charge in [-0.2, -0.15) is 0 Å². The number of carbonyl (C=O) groups excluding carboxylic acids is 1. The Morgan fingerprint density at radius 1 is 1.26 bits per heavy atom. The number of aliphatic hydroxyl groups is 1. The van der Waals surface area contributed by atoms with Crippen molar-refractivity contribution in [2.24, 2.45) is 5.92 Å². The molecule has 8 heteroatoms. The number of aromatic nitrogens is 3. The molecule has 0 aromatic carbocycles. The summed E-state index contributed by atoms with van der Waals surface area (Å²) in [7, 11) is 0. The summed E-state index contributed by atoms with van der Waals surface area (Å²) < 4.78 is 2.20. The zero-order chi connectivity index (χ0) is 24.6. The lowest BCUT2D eigenvalue weighted by molar-refractivity contribution is 0.0945. The van der Waals surface area contributed by atoms with E-state index in [1.807, 2.05) is 45.2 Å². The first-order valence-corrected chi connectivity index (χ1v) is 13.1. The molecule has 3 heterocycles. The van der Waals surface area contributed by atoms with Gasteiger partial charge in [-0.25, -0.2) is 4.98 Å². The quantitative estimate of drug-likeness (QED) is 0.452. The molecule has 0 saturated heterocycles. The number of aliphatic hydroxyl groups excluding tert-OH is 1. The molecule has 4 rings (SSSR count). The number of thioether (sulfide) groups is 1. The first-order valence-electron chi connectivity index (χ1n) is 11.9. The molecule has 1 amide bonds. The third-order valence-corrected chi connectivity index (χ3v) is 7.97. The summed E-state index contributed by atoms with van der Waals surface area (Å²) in [6.45, 7) is 8.14. The van der Waals surface area contributed by atoms with E-state index in [2.05, 4.69) is 21.8 Å². The molecule has 3 aromatic heterocycles. The van der Waals surface area contributed by atoms with Crippen LogP contribution in [0.5, 0.6) is 0 Å². The topological polar surface area (TPSA) is 100 Å². The summed E-state index contributed by atoms with van der Waals surface area (Å²) in [6.07, 6.45) is 5.28. The number of pyridine rings is 2. The van der Waals surface area contributed by atoms with Gasteiger partial charge in [0.05, 0.1) is 11.7 Å². The highest BCUT2D eigenvalue weighted by Crippen LogP contribution is 2.37. The average molecular weight is 483 g/mol. The van der Waals surface area contributed by atoms with Crippen molar-refractivity contribution >= 4 is 28.7 Å². The van der Waals surface area contributed by atoms with E-state index < -0.39 is 0 Å². The summed E-state index contributed by atoms with van der Waals surface area (Å²) in [4.78, 5) is 34.5. The van der Waals surface area contributed by atoms with E-state index in [0.29, 0.717) is 17.0 Å². The fourth-order valence-corrected chi connectivity index (χ4v) is 5.97. The molecular formula is C26H34N4O3S. The second kappa shape index (κ2) is 9.96. The molecule has 0 aliphatic heterocycles. The van der Waals surface area contributed by atoms with Crippen LogP contribution in [0.1, 0.15) is 71.7 Å². The van der Waals surface area contributed by atoms with Crippen molar-refractivity contribution in [3.05, 3.63) is 56.8 Å². The van der Waals surface area contributed by atoms with Crippen LogP contribution in [0.15, 0.2) is 27.9 Å². The van der Waals surface area contributed by atoms with Crippen molar-refractivity contribution in [1.29, 1.82) is 0 Å². The van der Waals surface area contributed by atoms with E-state index in [1.54, 1.807) is 0 Å². The maximum Gasteiger partial charge on any atom is 0.254 e. The highest BCUT2D eigenvalue weighted by molar-refractivity contribution is 7.98. The van der Waals surface area contributed by atoms with Crippen molar-refractivity contribution in [2.45, 2.75) is 77.0 Å². The van der Waals surface area contributed by atoms with Crippen LogP contribution < -0.4 is 10.9 Å². The Bertz CT molecular complexity index is 1270. The highest BCUT2D eigenvalue weighted by Gasteiger charge is 2.30. The van der Waals surface area contributed by atoms with Crippen LogP contribution in [0.3, 0.4) is 0 Å². The first kappa shape index (κ1) is 24.5. The number of nitrogens with zero attached hydrogens (tertiary/aromatic N) is 2. The van der Waals surface area contributed by atoms with Crippen molar-refractivity contribution in [1.82, 2.24) is 19.9 Å². The van der Waals surface area contributed by atoms with E-state index in [9.17, 15) is 14.7 Å².